The van der Waals surface area contributed by atoms with E-state index in [0.717, 1.165) is 0 Å². The zero-order valence-corrected chi connectivity index (χ0v) is 13.5. The zero-order valence-electron chi connectivity index (χ0n) is 13.5. The SMILES string of the molecule is CCOC(=O)C(C(=O)OCC)C(C[N+](=O)[O-])c1c(F)ccc(F)c1F. The Morgan fingerprint density at radius 1 is 1.08 bits per heavy atom. The van der Waals surface area contributed by atoms with Crippen molar-refractivity contribution < 1.29 is 37.2 Å². The van der Waals surface area contributed by atoms with Gasteiger partial charge in [-0.15, -0.1) is 0 Å². The molecule has 0 amide bonds. The predicted octanol–water partition coefficient (Wildman–Crippen LogP) is 2.21. The number of rotatable bonds is 8. The van der Waals surface area contributed by atoms with Crippen LogP contribution in [0.15, 0.2) is 12.1 Å². The van der Waals surface area contributed by atoms with Crippen LogP contribution in [0.5, 0.6) is 0 Å². The molecule has 0 saturated heterocycles. The minimum atomic E-state index is -2.02. The molecule has 1 aromatic rings. The summed E-state index contributed by atoms with van der Waals surface area (Å²) >= 11 is 0. The monoisotopic (exact) mass is 363 g/mol. The predicted molar refractivity (Wildman–Crippen MR) is 77.7 cm³/mol. The van der Waals surface area contributed by atoms with Crippen molar-refractivity contribution in [1.82, 2.24) is 0 Å². The van der Waals surface area contributed by atoms with Crippen molar-refractivity contribution in [2.24, 2.45) is 5.92 Å². The maximum absolute atomic E-state index is 14.1. The number of nitro groups is 1. The molecular weight excluding hydrogens is 347 g/mol. The molecule has 138 valence electrons. The molecule has 0 fully saturated rings. The number of benzene rings is 1. The largest absolute Gasteiger partial charge is 0.465 e. The van der Waals surface area contributed by atoms with Crippen molar-refractivity contribution in [2.45, 2.75) is 19.8 Å². The van der Waals surface area contributed by atoms with Gasteiger partial charge in [-0.3, -0.25) is 19.7 Å². The molecule has 0 N–H and O–H groups in total. The quantitative estimate of drug-likeness (QED) is 0.231. The van der Waals surface area contributed by atoms with Crippen LogP contribution >= 0.6 is 0 Å². The van der Waals surface area contributed by atoms with E-state index in [2.05, 4.69) is 9.47 Å². The van der Waals surface area contributed by atoms with Gasteiger partial charge in [0, 0.05) is 10.5 Å². The van der Waals surface area contributed by atoms with Crippen LogP contribution in [0.2, 0.25) is 0 Å². The smallest absolute Gasteiger partial charge is 0.321 e. The first kappa shape index (κ1) is 20.4. The van der Waals surface area contributed by atoms with E-state index in [-0.39, 0.29) is 13.2 Å². The Hall–Kier alpha value is -2.65. The van der Waals surface area contributed by atoms with Crippen LogP contribution in [0.4, 0.5) is 13.2 Å². The summed E-state index contributed by atoms with van der Waals surface area (Å²) in [5.74, 6) is -11.0. The number of halogens is 3. The van der Waals surface area contributed by atoms with Crippen LogP contribution in [-0.2, 0) is 19.1 Å². The topological polar surface area (TPSA) is 95.7 Å². The molecule has 0 aliphatic carbocycles. The average Bonchev–Trinajstić information content (AvgIpc) is 2.51. The Balaban J connectivity index is 3.53. The van der Waals surface area contributed by atoms with Crippen molar-refractivity contribution in [3.8, 4) is 0 Å². The molecule has 0 heterocycles. The number of esters is 2. The molecule has 0 spiro atoms. The fourth-order valence-electron chi connectivity index (χ4n) is 2.30. The molecule has 1 atom stereocenters. The molecule has 0 radical (unpaired) electrons. The Kier molecular flexibility index (Phi) is 7.34. The van der Waals surface area contributed by atoms with Crippen LogP contribution in [-0.4, -0.2) is 36.6 Å². The van der Waals surface area contributed by atoms with E-state index >= 15 is 0 Å². The Labute approximate surface area is 140 Å². The summed E-state index contributed by atoms with van der Waals surface area (Å²) in [7, 11) is 0. The third kappa shape index (κ3) is 4.91. The molecule has 1 rings (SSSR count). The Morgan fingerprint density at radius 2 is 1.56 bits per heavy atom. The van der Waals surface area contributed by atoms with Gasteiger partial charge in [-0.2, -0.15) is 0 Å². The minimum absolute atomic E-state index is 0.186. The molecule has 1 aromatic carbocycles. The van der Waals surface area contributed by atoms with E-state index in [1.54, 1.807) is 0 Å². The van der Waals surface area contributed by atoms with E-state index in [1.165, 1.54) is 13.8 Å². The summed E-state index contributed by atoms with van der Waals surface area (Å²) in [6.07, 6.45) is 0. The molecule has 0 aliphatic rings. The van der Waals surface area contributed by atoms with Crippen molar-refractivity contribution in [2.75, 3.05) is 19.8 Å². The lowest BCUT2D eigenvalue weighted by molar-refractivity contribution is -0.484. The summed E-state index contributed by atoms with van der Waals surface area (Å²) in [6, 6.07) is 1.04. The lowest BCUT2D eigenvalue weighted by Gasteiger charge is -2.22. The number of ether oxygens (including phenoxy) is 2. The highest BCUT2D eigenvalue weighted by Gasteiger charge is 2.44. The summed E-state index contributed by atoms with van der Waals surface area (Å²) in [4.78, 5) is 34.1. The molecule has 0 saturated carbocycles. The van der Waals surface area contributed by atoms with Gasteiger partial charge in [0.25, 0.3) is 0 Å². The highest BCUT2D eigenvalue weighted by molar-refractivity contribution is 5.96. The number of hydrogen-bond donors (Lipinski definition) is 0. The van der Waals surface area contributed by atoms with Crippen LogP contribution in [0.3, 0.4) is 0 Å². The number of nitrogens with zero attached hydrogens (tertiary/aromatic N) is 1. The summed E-state index contributed by atoms with van der Waals surface area (Å²) in [5, 5.41) is 10.9. The number of carbonyl (C=O) groups excluding carboxylic acids is 2. The fourth-order valence-corrected chi connectivity index (χ4v) is 2.30. The normalized spacial score (nSPS) is 11.9. The van der Waals surface area contributed by atoms with Crippen molar-refractivity contribution in [3.63, 3.8) is 0 Å². The highest BCUT2D eigenvalue weighted by atomic mass is 19.2. The summed E-state index contributed by atoms with van der Waals surface area (Å²) in [6.45, 7) is 1.24. The van der Waals surface area contributed by atoms with Crippen LogP contribution in [0, 0.1) is 33.5 Å². The standard InChI is InChI=1S/C15H16F3NO6/c1-3-24-14(20)12(15(21)25-4-2)8(7-19(22)23)11-9(16)5-6-10(17)13(11)18/h5-6,8,12H,3-4,7H2,1-2H3. The van der Waals surface area contributed by atoms with Gasteiger partial charge in [0.1, 0.15) is 5.82 Å². The third-order valence-electron chi connectivity index (χ3n) is 3.28. The molecular formula is C15H16F3NO6. The van der Waals surface area contributed by atoms with Gasteiger partial charge in [0.15, 0.2) is 17.6 Å². The molecule has 0 bridgehead atoms. The van der Waals surface area contributed by atoms with Crippen molar-refractivity contribution >= 4 is 11.9 Å². The van der Waals surface area contributed by atoms with Gasteiger partial charge in [0.2, 0.25) is 6.54 Å². The first-order valence-corrected chi connectivity index (χ1v) is 7.32. The van der Waals surface area contributed by atoms with E-state index in [1.807, 2.05) is 0 Å². The van der Waals surface area contributed by atoms with Gasteiger partial charge in [-0.1, -0.05) is 0 Å². The van der Waals surface area contributed by atoms with E-state index in [4.69, 9.17) is 0 Å². The fraction of sp³-hybridized carbons (Fsp3) is 0.467. The Bertz CT molecular complexity index is 649. The third-order valence-corrected chi connectivity index (χ3v) is 3.28. The van der Waals surface area contributed by atoms with E-state index in [9.17, 15) is 32.9 Å². The summed E-state index contributed by atoms with van der Waals surface area (Å²) in [5.41, 5.74) is -1.08. The molecule has 25 heavy (non-hydrogen) atoms. The van der Waals surface area contributed by atoms with Gasteiger partial charge in [0.05, 0.1) is 19.1 Å². The molecule has 7 nitrogen and oxygen atoms in total. The minimum Gasteiger partial charge on any atom is -0.465 e. The average molecular weight is 363 g/mol. The van der Waals surface area contributed by atoms with Gasteiger partial charge < -0.3 is 9.47 Å². The summed E-state index contributed by atoms with van der Waals surface area (Å²) < 4.78 is 50.9. The zero-order chi connectivity index (χ0) is 19.1. The first-order valence-electron chi connectivity index (χ1n) is 7.32. The molecule has 10 heteroatoms. The second kappa shape index (κ2) is 9.00. The highest BCUT2D eigenvalue weighted by Crippen LogP contribution is 2.32. The van der Waals surface area contributed by atoms with Crippen molar-refractivity contribution in [1.29, 1.82) is 0 Å². The van der Waals surface area contributed by atoms with Gasteiger partial charge in [-0.05, 0) is 26.0 Å². The second-order valence-electron chi connectivity index (χ2n) is 4.86. The van der Waals surface area contributed by atoms with Crippen LogP contribution < -0.4 is 0 Å². The maximum Gasteiger partial charge on any atom is 0.321 e. The Morgan fingerprint density at radius 3 is 2.00 bits per heavy atom. The maximum atomic E-state index is 14.1. The second-order valence-corrected chi connectivity index (χ2v) is 4.86. The van der Waals surface area contributed by atoms with Gasteiger partial charge in [-0.25, -0.2) is 13.2 Å². The number of carbonyl (C=O) groups is 2. The first-order chi connectivity index (χ1) is 11.7. The van der Waals surface area contributed by atoms with Gasteiger partial charge >= 0.3 is 11.9 Å². The molecule has 1 unspecified atom stereocenters. The van der Waals surface area contributed by atoms with Crippen LogP contribution in [0.25, 0.3) is 0 Å². The van der Waals surface area contributed by atoms with Crippen LogP contribution in [0.1, 0.15) is 25.3 Å². The van der Waals surface area contributed by atoms with E-state index < -0.39 is 58.3 Å². The lowest BCUT2D eigenvalue weighted by Crippen LogP contribution is -2.37. The van der Waals surface area contributed by atoms with E-state index in [0.29, 0.717) is 12.1 Å². The molecule has 0 aliphatic heterocycles. The molecule has 0 aromatic heterocycles. The lowest BCUT2D eigenvalue weighted by atomic mass is 9.85. The number of hydrogen-bond acceptors (Lipinski definition) is 6. The van der Waals surface area contributed by atoms with Crippen molar-refractivity contribution in [3.05, 3.63) is 45.3 Å².